The standard InChI is InChI=1S/C13H20N2OS.ClH/c1-9-3-4-10-11(8-17-12(10)7-9)13(16)15-6-2-5-14;/h8-9H,2-7,14H2,1H3,(H,15,16);1H. The Kier molecular flexibility index (Phi) is 6.12. The highest BCUT2D eigenvalue weighted by Crippen LogP contribution is 2.32. The van der Waals surface area contributed by atoms with Gasteiger partial charge in [0.15, 0.2) is 0 Å². The van der Waals surface area contributed by atoms with E-state index in [4.69, 9.17) is 5.73 Å². The summed E-state index contributed by atoms with van der Waals surface area (Å²) in [5.74, 6) is 0.833. The van der Waals surface area contributed by atoms with E-state index in [1.807, 2.05) is 5.38 Å². The van der Waals surface area contributed by atoms with Crippen LogP contribution >= 0.6 is 23.7 Å². The fraction of sp³-hybridized carbons (Fsp3) is 0.615. The Balaban J connectivity index is 0.00000162. The Hall–Kier alpha value is -0.580. The van der Waals surface area contributed by atoms with E-state index >= 15 is 0 Å². The number of rotatable bonds is 4. The molecule has 0 fully saturated rings. The van der Waals surface area contributed by atoms with Crippen LogP contribution in [0.25, 0.3) is 0 Å². The van der Waals surface area contributed by atoms with Crippen molar-refractivity contribution in [2.24, 2.45) is 11.7 Å². The molecule has 1 heterocycles. The largest absolute Gasteiger partial charge is 0.352 e. The number of hydrogen-bond donors (Lipinski definition) is 2. The third-order valence-corrected chi connectivity index (χ3v) is 4.36. The molecule has 2 rings (SSSR count). The van der Waals surface area contributed by atoms with Gasteiger partial charge in [-0.25, -0.2) is 0 Å². The number of thiophene rings is 1. The van der Waals surface area contributed by atoms with Crippen LogP contribution in [-0.4, -0.2) is 19.0 Å². The summed E-state index contributed by atoms with van der Waals surface area (Å²) in [6, 6.07) is 0. The van der Waals surface area contributed by atoms with Crippen molar-refractivity contribution in [2.75, 3.05) is 13.1 Å². The predicted octanol–water partition coefficient (Wildman–Crippen LogP) is 2.37. The number of amides is 1. The normalized spacial score (nSPS) is 17.8. The van der Waals surface area contributed by atoms with Crippen LogP contribution in [0.2, 0.25) is 0 Å². The maximum atomic E-state index is 12.0. The molecule has 18 heavy (non-hydrogen) atoms. The highest BCUT2D eigenvalue weighted by atomic mass is 35.5. The number of fused-ring (bicyclic) bond motifs is 1. The van der Waals surface area contributed by atoms with E-state index in [2.05, 4.69) is 12.2 Å². The minimum Gasteiger partial charge on any atom is -0.352 e. The van der Waals surface area contributed by atoms with E-state index < -0.39 is 0 Å². The van der Waals surface area contributed by atoms with Gasteiger partial charge in [0.2, 0.25) is 0 Å². The fourth-order valence-electron chi connectivity index (χ4n) is 2.27. The molecular formula is C13H21ClN2OS. The second-order valence-corrected chi connectivity index (χ2v) is 5.76. The summed E-state index contributed by atoms with van der Waals surface area (Å²) in [7, 11) is 0. The van der Waals surface area contributed by atoms with Crippen LogP contribution in [0.1, 0.15) is 40.6 Å². The zero-order chi connectivity index (χ0) is 12.3. The zero-order valence-corrected chi connectivity index (χ0v) is 12.3. The molecule has 0 spiro atoms. The molecule has 1 unspecified atom stereocenters. The second kappa shape index (κ2) is 7.12. The number of nitrogens with two attached hydrogens (primary N) is 1. The summed E-state index contributed by atoms with van der Waals surface area (Å²) in [6.45, 7) is 3.58. The summed E-state index contributed by atoms with van der Waals surface area (Å²) in [4.78, 5) is 13.4. The van der Waals surface area contributed by atoms with E-state index in [0.29, 0.717) is 13.1 Å². The Morgan fingerprint density at radius 3 is 3.11 bits per heavy atom. The lowest BCUT2D eigenvalue weighted by Gasteiger charge is -2.18. The molecule has 5 heteroatoms. The average Bonchev–Trinajstić information content (AvgIpc) is 2.72. The predicted molar refractivity (Wildman–Crippen MR) is 78.8 cm³/mol. The molecule has 0 radical (unpaired) electrons. The Morgan fingerprint density at radius 1 is 1.61 bits per heavy atom. The summed E-state index contributed by atoms with van der Waals surface area (Å²) in [6.07, 6.45) is 4.23. The van der Waals surface area contributed by atoms with Gasteiger partial charge in [-0.3, -0.25) is 4.79 Å². The highest BCUT2D eigenvalue weighted by Gasteiger charge is 2.22. The molecule has 0 aliphatic heterocycles. The second-order valence-electron chi connectivity index (χ2n) is 4.80. The van der Waals surface area contributed by atoms with Gasteiger partial charge in [0.05, 0.1) is 5.56 Å². The summed E-state index contributed by atoms with van der Waals surface area (Å²) in [5.41, 5.74) is 7.60. The first kappa shape index (κ1) is 15.5. The number of hydrogen-bond acceptors (Lipinski definition) is 3. The third kappa shape index (κ3) is 3.46. The first-order chi connectivity index (χ1) is 8.22. The molecule has 1 aliphatic carbocycles. The number of carbonyl (C=O) groups is 1. The topological polar surface area (TPSA) is 55.1 Å². The molecule has 3 nitrogen and oxygen atoms in total. The zero-order valence-electron chi connectivity index (χ0n) is 10.7. The molecule has 1 atom stereocenters. The molecule has 3 N–H and O–H groups in total. The van der Waals surface area contributed by atoms with Crippen molar-refractivity contribution in [1.29, 1.82) is 0 Å². The molecule has 1 amide bonds. The van der Waals surface area contributed by atoms with Gasteiger partial charge in [0, 0.05) is 16.8 Å². The van der Waals surface area contributed by atoms with Crippen molar-refractivity contribution in [1.82, 2.24) is 5.32 Å². The number of nitrogens with one attached hydrogen (secondary N) is 1. The average molecular weight is 289 g/mol. The fourth-order valence-corrected chi connectivity index (χ4v) is 3.51. The minimum atomic E-state index is 0. The lowest BCUT2D eigenvalue weighted by Crippen LogP contribution is -2.27. The molecule has 102 valence electrons. The van der Waals surface area contributed by atoms with Gasteiger partial charge in [0.25, 0.3) is 5.91 Å². The maximum absolute atomic E-state index is 12.0. The summed E-state index contributed by atoms with van der Waals surface area (Å²) in [5, 5.41) is 4.95. The molecule has 0 bridgehead atoms. The van der Waals surface area contributed by atoms with Gasteiger partial charge in [-0.2, -0.15) is 0 Å². The van der Waals surface area contributed by atoms with Crippen LogP contribution in [-0.2, 0) is 12.8 Å². The lowest BCUT2D eigenvalue weighted by molar-refractivity contribution is 0.0952. The monoisotopic (exact) mass is 288 g/mol. The van der Waals surface area contributed by atoms with Gasteiger partial charge in [-0.05, 0) is 43.7 Å². The van der Waals surface area contributed by atoms with E-state index in [9.17, 15) is 4.79 Å². The Morgan fingerprint density at radius 2 is 2.39 bits per heavy atom. The van der Waals surface area contributed by atoms with E-state index in [1.54, 1.807) is 11.3 Å². The summed E-state index contributed by atoms with van der Waals surface area (Å²) >= 11 is 1.74. The van der Waals surface area contributed by atoms with Crippen LogP contribution in [0.4, 0.5) is 0 Å². The maximum Gasteiger partial charge on any atom is 0.252 e. The SMILES string of the molecule is CC1CCc2c(C(=O)NCCCN)csc2C1.Cl. The Bertz CT molecular complexity index is 406. The minimum absolute atomic E-state index is 0. The van der Waals surface area contributed by atoms with Crippen LogP contribution in [0.3, 0.4) is 0 Å². The van der Waals surface area contributed by atoms with Crippen molar-refractivity contribution in [2.45, 2.75) is 32.6 Å². The van der Waals surface area contributed by atoms with E-state index in [1.165, 1.54) is 16.9 Å². The van der Waals surface area contributed by atoms with E-state index in [-0.39, 0.29) is 18.3 Å². The first-order valence-electron chi connectivity index (χ1n) is 6.30. The van der Waals surface area contributed by atoms with Gasteiger partial charge >= 0.3 is 0 Å². The van der Waals surface area contributed by atoms with Gasteiger partial charge < -0.3 is 11.1 Å². The van der Waals surface area contributed by atoms with Gasteiger partial charge in [-0.1, -0.05) is 6.92 Å². The molecular weight excluding hydrogens is 268 g/mol. The van der Waals surface area contributed by atoms with Gasteiger partial charge in [-0.15, -0.1) is 23.7 Å². The molecule has 1 aliphatic rings. The van der Waals surface area contributed by atoms with Crippen molar-refractivity contribution < 1.29 is 4.79 Å². The van der Waals surface area contributed by atoms with Crippen LogP contribution < -0.4 is 11.1 Å². The van der Waals surface area contributed by atoms with E-state index in [0.717, 1.165) is 30.7 Å². The van der Waals surface area contributed by atoms with Crippen molar-refractivity contribution in [3.8, 4) is 0 Å². The molecule has 0 saturated heterocycles. The van der Waals surface area contributed by atoms with Crippen LogP contribution in [0.15, 0.2) is 5.38 Å². The number of halogens is 1. The molecule has 1 aromatic rings. The molecule has 0 saturated carbocycles. The van der Waals surface area contributed by atoms with Crippen LogP contribution in [0, 0.1) is 5.92 Å². The van der Waals surface area contributed by atoms with Gasteiger partial charge in [0.1, 0.15) is 0 Å². The highest BCUT2D eigenvalue weighted by molar-refractivity contribution is 7.10. The molecule has 1 aromatic heterocycles. The quantitative estimate of drug-likeness (QED) is 0.836. The van der Waals surface area contributed by atoms with Crippen molar-refractivity contribution in [3.05, 3.63) is 21.4 Å². The molecule has 0 aromatic carbocycles. The summed E-state index contributed by atoms with van der Waals surface area (Å²) < 4.78 is 0. The lowest BCUT2D eigenvalue weighted by atomic mass is 9.88. The van der Waals surface area contributed by atoms with Crippen molar-refractivity contribution >= 4 is 29.7 Å². The smallest absolute Gasteiger partial charge is 0.252 e. The first-order valence-corrected chi connectivity index (χ1v) is 7.18. The van der Waals surface area contributed by atoms with Crippen molar-refractivity contribution in [3.63, 3.8) is 0 Å². The third-order valence-electron chi connectivity index (χ3n) is 3.31. The van der Waals surface area contributed by atoms with Crippen LogP contribution in [0.5, 0.6) is 0 Å². The number of carbonyl (C=O) groups excluding carboxylic acids is 1. The Labute approximate surface area is 119 Å².